The minimum absolute atomic E-state index is 0.826. The summed E-state index contributed by atoms with van der Waals surface area (Å²) in [4.78, 5) is 2.48. The monoisotopic (exact) mass is 199 g/mol. The summed E-state index contributed by atoms with van der Waals surface area (Å²) < 4.78 is 5.36. The van der Waals surface area contributed by atoms with Gasteiger partial charge in [0.1, 0.15) is 0 Å². The SMILES string of the molecule is CC(C)CCN(C)CC1CCOCC1. The highest BCUT2D eigenvalue weighted by atomic mass is 16.5. The van der Waals surface area contributed by atoms with E-state index in [4.69, 9.17) is 4.74 Å². The van der Waals surface area contributed by atoms with Crippen molar-refractivity contribution in [2.45, 2.75) is 33.1 Å². The second-order valence-corrected chi connectivity index (χ2v) is 5.00. The average molecular weight is 199 g/mol. The topological polar surface area (TPSA) is 12.5 Å². The van der Waals surface area contributed by atoms with Crippen LogP contribution in [0.1, 0.15) is 33.1 Å². The predicted molar refractivity (Wildman–Crippen MR) is 60.5 cm³/mol. The van der Waals surface area contributed by atoms with Crippen LogP contribution in [0.5, 0.6) is 0 Å². The standard InChI is InChI=1S/C12H25NO/c1-11(2)4-7-13(3)10-12-5-8-14-9-6-12/h11-12H,4-10H2,1-3H3. The molecule has 0 N–H and O–H groups in total. The van der Waals surface area contributed by atoms with Crippen LogP contribution in [0.25, 0.3) is 0 Å². The molecule has 14 heavy (non-hydrogen) atoms. The van der Waals surface area contributed by atoms with Crippen LogP contribution in [0.2, 0.25) is 0 Å². The maximum atomic E-state index is 5.36. The summed E-state index contributed by atoms with van der Waals surface area (Å²) in [5.74, 6) is 1.70. The molecule has 0 atom stereocenters. The molecule has 1 rings (SSSR count). The first kappa shape index (κ1) is 12.0. The van der Waals surface area contributed by atoms with Crippen molar-refractivity contribution in [3.05, 3.63) is 0 Å². The first-order chi connectivity index (χ1) is 6.68. The van der Waals surface area contributed by atoms with Gasteiger partial charge in [-0.25, -0.2) is 0 Å². The summed E-state index contributed by atoms with van der Waals surface area (Å²) in [7, 11) is 2.25. The van der Waals surface area contributed by atoms with Crippen LogP contribution >= 0.6 is 0 Å². The molecule has 0 spiro atoms. The highest BCUT2D eigenvalue weighted by Gasteiger charge is 2.15. The van der Waals surface area contributed by atoms with Gasteiger partial charge < -0.3 is 9.64 Å². The number of hydrogen-bond acceptors (Lipinski definition) is 2. The summed E-state index contributed by atoms with van der Waals surface area (Å²) in [5, 5.41) is 0. The van der Waals surface area contributed by atoms with Crippen molar-refractivity contribution in [3.63, 3.8) is 0 Å². The van der Waals surface area contributed by atoms with Crippen molar-refractivity contribution in [3.8, 4) is 0 Å². The Hall–Kier alpha value is -0.0800. The minimum atomic E-state index is 0.826. The Labute approximate surface area is 88.6 Å². The molecule has 0 aromatic heterocycles. The molecule has 0 bridgehead atoms. The molecule has 0 aromatic rings. The van der Waals surface area contributed by atoms with Crippen molar-refractivity contribution in [2.24, 2.45) is 11.8 Å². The second-order valence-electron chi connectivity index (χ2n) is 5.00. The molecule has 0 aliphatic carbocycles. The molecule has 1 heterocycles. The zero-order chi connectivity index (χ0) is 10.4. The molecule has 0 unspecified atom stereocenters. The molecule has 0 amide bonds. The van der Waals surface area contributed by atoms with Gasteiger partial charge in [0, 0.05) is 19.8 Å². The molecule has 1 fully saturated rings. The second kappa shape index (κ2) is 6.41. The Kier molecular flexibility index (Phi) is 5.49. The van der Waals surface area contributed by atoms with Crippen LogP contribution in [0.3, 0.4) is 0 Å². The summed E-state index contributed by atoms with van der Waals surface area (Å²) in [6.45, 7) is 9.04. The fourth-order valence-corrected chi connectivity index (χ4v) is 1.94. The molecule has 0 saturated carbocycles. The van der Waals surface area contributed by atoms with E-state index in [-0.39, 0.29) is 0 Å². The highest BCUT2D eigenvalue weighted by Crippen LogP contribution is 2.15. The molecule has 84 valence electrons. The Bertz CT molecular complexity index is 141. The lowest BCUT2D eigenvalue weighted by Crippen LogP contribution is -2.30. The Morgan fingerprint density at radius 3 is 2.50 bits per heavy atom. The van der Waals surface area contributed by atoms with Crippen LogP contribution in [0.4, 0.5) is 0 Å². The van der Waals surface area contributed by atoms with Crippen molar-refractivity contribution in [2.75, 3.05) is 33.4 Å². The third-order valence-corrected chi connectivity index (χ3v) is 3.00. The number of nitrogens with zero attached hydrogens (tertiary/aromatic N) is 1. The Balaban J connectivity index is 2.09. The summed E-state index contributed by atoms with van der Waals surface area (Å²) in [5.41, 5.74) is 0. The molecule has 1 aliphatic heterocycles. The van der Waals surface area contributed by atoms with Gasteiger partial charge in [0.25, 0.3) is 0 Å². The van der Waals surface area contributed by atoms with Gasteiger partial charge in [0.15, 0.2) is 0 Å². The Morgan fingerprint density at radius 2 is 1.93 bits per heavy atom. The normalized spacial score (nSPS) is 19.5. The quantitative estimate of drug-likeness (QED) is 0.674. The lowest BCUT2D eigenvalue weighted by molar-refractivity contribution is 0.0553. The fraction of sp³-hybridized carbons (Fsp3) is 1.00. The molecule has 1 saturated heterocycles. The van der Waals surface area contributed by atoms with E-state index in [1.807, 2.05) is 0 Å². The summed E-state index contributed by atoms with van der Waals surface area (Å²) in [6, 6.07) is 0. The maximum Gasteiger partial charge on any atom is 0.0469 e. The third kappa shape index (κ3) is 4.97. The van der Waals surface area contributed by atoms with E-state index in [9.17, 15) is 0 Å². The third-order valence-electron chi connectivity index (χ3n) is 3.00. The number of rotatable bonds is 5. The number of ether oxygens (including phenoxy) is 1. The smallest absolute Gasteiger partial charge is 0.0469 e. The van der Waals surface area contributed by atoms with Gasteiger partial charge in [-0.15, -0.1) is 0 Å². The van der Waals surface area contributed by atoms with Gasteiger partial charge in [0.05, 0.1) is 0 Å². The van der Waals surface area contributed by atoms with Crippen molar-refractivity contribution in [1.82, 2.24) is 4.90 Å². The Morgan fingerprint density at radius 1 is 1.29 bits per heavy atom. The molecule has 2 nitrogen and oxygen atoms in total. The van der Waals surface area contributed by atoms with E-state index in [1.54, 1.807) is 0 Å². The highest BCUT2D eigenvalue weighted by molar-refractivity contribution is 4.67. The number of hydrogen-bond donors (Lipinski definition) is 0. The summed E-state index contributed by atoms with van der Waals surface area (Å²) >= 11 is 0. The molecule has 0 aromatic carbocycles. The van der Waals surface area contributed by atoms with Crippen molar-refractivity contribution in [1.29, 1.82) is 0 Å². The minimum Gasteiger partial charge on any atom is -0.381 e. The zero-order valence-corrected chi connectivity index (χ0v) is 9.96. The van der Waals surface area contributed by atoms with Crippen LogP contribution in [-0.2, 0) is 4.74 Å². The lowest BCUT2D eigenvalue weighted by Gasteiger charge is -2.27. The van der Waals surface area contributed by atoms with Crippen molar-refractivity contribution < 1.29 is 4.74 Å². The lowest BCUT2D eigenvalue weighted by atomic mass is 9.99. The largest absolute Gasteiger partial charge is 0.381 e. The molecule has 1 aliphatic rings. The van der Waals surface area contributed by atoms with E-state index in [0.717, 1.165) is 25.0 Å². The first-order valence-corrected chi connectivity index (χ1v) is 5.94. The molecular formula is C12H25NO. The molecular weight excluding hydrogens is 174 g/mol. The van der Waals surface area contributed by atoms with Gasteiger partial charge in [-0.05, 0) is 44.7 Å². The van der Waals surface area contributed by atoms with E-state index in [1.165, 1.54) is 32.4 Å². The van der Waals surface area contributed by atoms with Crippen LogP contribution < -0.4 is 0 Å². The van der Waals surface area contributed by atoms with Gasteiger partial charge >= 0.3 is 0 Å². The van der Waals surface area contributed by atoms with E-state index < -0.39 is 0 Å². The van der Waals surface area contributed by atoms with Gasteiger partial charge in [-0.3, -0.25) is 0 Å². The van der Waals surface area contributed by atoms with Gasteiger partial charge in [-0.2, -0.15) is 0 Å². The maximum absolute atomic E-state index is 5.36. The van der Waals surface area contributed by atoms with E-state index in [0.29, 0.717) is 0 Å². The first-order valence-electron chi connectivity index (χ1n) is 5.94. The predicted octanol–water partition coefficient (Wildman–Crippen LogP) is 2.39. The van der Waals surface area contributed by atoms with Crippen molar-refractivity contribution >= 4 is 0 Å². The van der Waals surface area contributed by atoms with Crippen LogP contribution in [-0.4, -0.2) is 38.3 Å². The van der Waals surface area contributed by atoms with Gasteiger partial charge in [0.2, 0.25) is 0 Å². The van der Waals surface area contributed by atoms with Gasteiger partial charge in [-0.1, -0.05) is 13.8 Å². The van der Waals surface area contributed by atoms with Crippen LogP contribution in [0, 0.1) is 11.8 Å². The van der Waals surface area contributed by atoms with E-state index >= 15 is 0 Å². The zero-order valence-electron chi connectivity index (χ0n) is 9.96. The molecule has 0 radical (unpaired) electrons. The average Bonchev–Trinajstić information content (AvgIpc) is 2.16. The van der Waals surface area contributed by atoms with E-state index in [2.05, 4.69) is 25.8 Å². The molecule has 2 heteroatoms. The summed E-state index contributed by atoms with van der Waals surface area (Å²) in [6.07, 6.45) is 3.83. The van der Waals surface area contributed by atoms with Crippen LogP contribution in [0.15, 0.2) is 0 Å². The fourth-order valence-electron chi connectivity index (χ4n) is 1.94.